The first-order valence-electron chi connectivity index (χ1n) is 9.33. The predicted molar refractivity (Wildman–Crippen MR) is 101 cm³/mol. The van der Waals surface area contributed by atoms with Gasteiger partial charge in [-0.05, 0) is 47.9 Å². The van der Waals surface area contributed by atoms with Crippen molar-refractivity contribution < 1.29 is 22.7 Å². The standard InChI is InChI=1S/C21H20F3N3O2/c1-12(15-4-5-19(26-10-15)29-11-21(22,23)24)27-20(28)17-9-16(17)14-3-2-13-6-7-25-18(13)8-14/h2-8,10,12,16-17,25H,9,11H2,1H3,(H,27,28)/t12?,16-,17+/m0/s1. The number of nitrogens with one attached hydrogen (secondary N) is 2. The fourth-order valence-electron chi connectivity index (χ4n) is 3.44. The molecule has 2 aromatic heterocycles. The van der Waals surface area contributed by atoms with Crippen molar-refractivity contribution in [2.45, 2.75) is 31.5 Å². The van der Waals surface area contributed by atoms with Crippen LogP contribution in [0.15, 0.2) is 48.8 Å². The second-order valence-electron chi connectivity index (χ2n) is 7.34. The van der Waals surface area contributed by atoms with E-state index in [1.54, 1.807) is 6.07 Å². The normalized spacial score (nSPS) is 19.7. The van der Waals surface area contributed by atoms with Gasteiger partial charge in [-0.15, -0.1) is 0 Å². The van der Waals surface area contributed by atoms with Crippen molar-refractivity contribution in [1.29, 1.82) is 0 Å². The SMILES string of the molecule is CC(NC(=O)[C@@H]1C[C@H]1c1ccc2cc[nH]c2c1)c1ccc(OCC(F)(F)F)nc1. The number of hydrogen-bond donors (Lipinski definition) is 2. The maximum atomic E-state index is 12.6. The number of halogens is 3. The molecular formula is C21H20F3N3O2. The number of carbonyl (C=O) groups is 1. The summed E-state index contributed by atoms with van der Waals surface area (Å²) in [5, 5.41) is 4.10. The summed E-state index contributed by atoms with van der Waals surface area (Å²) in [6.07, 6.45) is -0.304. The summed E-state index contributed by atoms with van der Waals surface area (Å²) in [6.45, 7) is 0.427. The number of rotatable bonds is 6. The molecule has 29 heavy (non-hydrogen) atoms. The molecule has 1 amide bonds. The van der Waals surface area contributed by atoms with Gasteiger partial charge in [0.25, 0.3) is 0 Å². The van der Waals surface area contributed by atoms with Gasteiger partial charge in [0.05, 0.1) is 6.04 Å². The second kappa shape index (κ2) is 7.42. The number of benzene rings is 1. The zero-order chi connectivity index (χ0) is 20.6. The van der Waals surface area contributed by atoms with E-state index < -0.39 is 12.8 Å². The van der Waals surface area contributed by atoms with E-state index in [-0.39, 0.29) is 29.7 Å². The first kappa shape index (κ1) is 19.3. The Kier molecular flexibility index (Phi) is 4.94. The minimum Gasteiger partial charge on any atom is -0.468 e. The van der Waals surface area contributed by atoms with Crippen LogP contribution in [0.25, 0.3) is 10.9 Å². The molecule has 0 aliphatic heterocycles. The maximum Gasteiger partial charge on any atom is 0.422 e. The minimum atomic E-state index is -4.41. The lowest BCUT2D eigenvalue weighted by Crippen LogP contribution is -2.28. The molecule has 2 N–H and O–H groups in total. The van der Waals surface area contributed by atoms with Crippen LogP contribution < -0.4 is 10.1 Å². The van der Waals surface area contributed by atoms with Crippen molar-refractivity contribution in [2.24, 2.45) is 5.92 Å². The lowest BCUT2D eigenvalue weighted by atomic mass is 10.1. The first-order chi connectivity index (χ1) is 13.8. The summed E-state index contributed by atoms with van der Waals surface area (Å²) in [4.78, 5) is 19.6. The molecule has 3 atom stereocenters. The molecule has 4 rings (SSSR count). The third-order valence-corrected chi connectivity index (χ3v) is 5.14. The van der Waals surface area contributed by atoms with E-state index in [0.29, 0.717) is 5.56 Å². The van der Waals surface area contributed by atoms with Crippen LogP contribution in [0.3, 0.4) is 0 Å². The van der Waals surface area contributed by atoms with Crippen molar-refractivity contribution in [1.82, 2.24) is 15.3 Å². The van der Waals surface area contributed by atoms with Crippen LogP contribution in [0.1, 0.15) is 36.4 Å². The van der Waals surface area contributed by atoms with Crippen molar-refractivity contribution >= 4 is 16.8 Å². The highest BCUT2D eigenvalue weighted by molar-refractivity contribution is 5.84. The third-order valence-electron chi connectivity index (χ3n) is 5.14. The average Bonchev–Trinajstić information content (AvgIpc) is 3.36. The van der Waals surface area contributed by atoms with E-state index in [4.69, 9.17) is 0 Å². The molecule has 0 radical (unpaired) electrons. The Labute approximate surface area is 165 Å². The number of amides is 1. The van der Waals surface area contributed by atoms with Gasteiger partial charge in [-0.1, -0.05) is 18.2 Å². The van der Waals surface area contributed by atoms with E-state index in [2.05, 4.69) is 32.2 Å². The van der Waals surface area contributed by atoms with Crippen LogP contribution in [0.5, 0.6) is 5.88 Å². The highest BCUT2D eigenvalue weighted by Crippen LogP contribution is 2.48. The highest BCUT2D eigenvalue weighted by atomic mass is 19.4. The molecular weight excluding hydrogens is 383 g/mol. The topological polar surface area (TPSA) is 67.0 Å². The average molecular weight is 403 g/mol. The molecule has 1 aliphatic carbocycles. The van der Waals surface area contributed by atoms with Crippen molar-refractivity contribution in [3.8, 4) is 5.88 Å². The lowest BCUT2D eigenvalue weighted by Gasteiger charge is -2.15. The second-order valence-corrected chi connectivity index (χ2v) is 7.34. The number of H-pyrrole nitrogens is 1. The lowest BCUT2D eigenvalue weighted by molar-refractivity contribution is -0.154. The molecule has 5 nitrogen and oxygen atoms in total. The highest BCUT2D eigenvalue weighted by Gasteiger charge is 2.44. The molecule has 1 saturated carbocycles. The quantitative estimate of drug-likeness (QED) is 0.638. The van der Waals surface area contributed by atoms with Crippen LogP contribution in [0.2, 0.25) is 0 Å². The molecule has 0 spiro atoms. The predicted octanol–water partition coefficient (Wildman–Crippen LogP) is 4.48. The van der Waals surface area contributed by atoms with Gasteiger partial charge in [-0.25, -0.2) is 4.98 Å². The Morgan fingerprint density at radius 3 is 2.86 bits per heavy atom. The number of pyridine rings is 1. The number of ether oxygens (including phenoxy) is 1. The number of fused-ring (bicyclic) bond motifs is 1. The molecule has 3 aromatic rings. The number of alkyl halides is 3. The molecule has 0 saturated heterocycles. The summed E-state index contributed by atoms with van der Waals surface area (Å²) in [5.41, 5.74) is 2.89. The Balaban J connectivity index is 1.32. The van der Waals surface area contributed by atoms with Gasteiger partial charge in [-0.3, -0.25) is 4.79 Å². The van der Waals surface area contributed by atoms with Gasteiger partial charge < -0.3 is 15.0 Å². The molecule has 1 unspecified atom stereocenters. The number of aromatic amines is 1. The fraction of sp³-hybridized carbons (Fsp3) is 0.333. The zero-order valence-electron chi connectivity index (χ0n) is 15.7. The van der Waals surface area contributed by atoms with E-state index in [1.165, 1.54) is 12.3 Å². The Hall–Kier alpha value is -3.03. The van der Waals surface area contributed by atoms with E-state index in [1.807, 2.05) is 25.3 Å². The van der Waals surface area contributed by atoms with Crippen LogP contribution in [-0.4, -0.2) is 28.7 Å². The van der Waals surface area contributed by atoms with Crippen LogP contribution in [-0.2, 0) is 4.79 Å². The third kappa shape index (κ3) is 4.52. The van der Waals surface area contributed by atoms with Gasteiger partial charge in [-0.2, -0.15) is 13.2 Å². The van der Waals surface area contributed by atoms with Crippen molar-refractivity contribution in [3.05, 3.63) is 59.9 Å². The summed E-state index contributed by atoms with van der Waals surface area (Å²) in [7, 11) is 0. The summed E-state index contributed by atoms with van der Waals surface area (Å²) >= 11 is 0. The Bertz CT molecular complexity index is 1010. The Morgan fingerprint density at radius 2 is 2.14 bits per heavy atom. The zero-order valence-corrected chi connectivity index (χ0v) is 15.7. The van der Waals surface area contributed by atoms with Gasteiger partial charge in [0, 0.05) is 29.9 Å². The van der Waals surface area contributed by atoms with Crippen molar-refractivity contribution in [2.75, 3.05) is 6.61 Å². The molecule has 8 heteroatoms. The molecule has 1 aromatic carbocycles. The molecule has 0 bridgehead atoms. The maximum absolute atomic E-state index is 12.6. The van der Waals surface area contributed by atoms with Crippen LogP contribution >= 0.6 is 0 Å². The Morgan fingerprint density at radius 1 is 1.31 bits per heavy atom. The van der Waals surface area contributed by atoms with E-state index in [9.17, 15) is 18.0 Å². The smallest absolute Gasteiger partial charge is 0.422 e. The van der Waals surface area contributed by atoms with Crippen LogP contribution in [0.4, 0.5) is 13.2 Å². The first-order valence-corrected chi connectivity index (χ1v) is 9.33. The number of aromatic nitrogens is 2. The molecule has 1 fully saturated rings. The molecule has 1 aliphatic rings. The number of carbonyl (C=O) groups excluding carboxylic acids is 1. The van der Waals surface area contributed by atoms with Gasteiger partial charge in [0.15, 0.2) is 6.61 Å². The summed E-state index contributed by atoms with van der Waals surface area (Å²) < 4.78 is 41.2. The van der Waals surface area contributed by atoms with E-state index in [0.717, 1.165) is 22.9 Å². The number of hydrogen-bond acceptors (Lipinski definition) is 3. The van der Waals surface area contributed by atoms with Gasteiger partial charge >= 0.3 is 6.18 Å². The van der Waals surface area contributed by atoms with Crippen LogP contribution in [0, 0.1) is 5.92 Å². The van der Waals surface area contributed by atoms with Gasteiger partial charge in [0.2, 0.25) is 11.8 Å². The fourth-order valence-corrected chi connectivity index (χ4v) is 3.44. The molecule has 2 heterocycles. The summed E-state index contributed by atoms with van der Waals surface area (Å²) in [6, 6.07) is 10.9. The largest absolute Gasteiger partial charge is 0.468 e. The monoisotopic (exact) mass is 403 g/mol. The minimum absolute atomic E-state index is 0.0357. The number of nitrogens with zero attached hydrogens (tertiary/aromatic N) is 1. The van der Waals surface area contributed by atoms with Gasteiger partial charge in [0.1, 0.15) is 0 Å². The van der Waals surface area contributed by atoms with E-state index >= 15 is 0 Å². The van der Waals surface area contributed by atoms with Crippen molar-refractivity contribution in [3.63, 3.8) is 0 Å². The molecule has 152 valence electrons. The summed E-state index contributed by atoms with van der Waals surface area (Å²) in [5.74, 6) is -0.0172.